The van der Waals surface area contributed by atoms with Gasteiger partial charge < -0.3 is 5.32 Å². The first-order valence-corrected chi connectivity index (χ1v) is 8.82. The third-order valence-corrected chi connectivity index (χ3v) is 4.38. The Labute approximate surface area is 167 Å². The molecule has 0 aliphatic rings. The summed E-state index contributed by atoms with van der Waals surface area (Å²) in [5, 5.41) is 14.6. The van der Waals surface area contributed by atoms with E-state index < -0.39 is 10.8 Å². The highest BCUT2D eigenvalue weighted by molar-refractivity contribution is 5.95. The second-order valence-corrected chi connectivity index (χ2v) is 6.55. The maximum atomic E-state index is 12.3. The largest absolute Gasteiger partial charge is 0.355 e. The number of amides is 1. The number of aromatic nitrogens is 2. The highest BCUT2D eigenvalue weighted by Crippen LogP contribution is 2.31. The van der Waals surface area contributed by atoms with Crippen LogP contribution in [0.25, 0.3) is 0 Å². The van der Waals surface area contributed by atoms with Crippen LogP contribution >= 0.6 is 0 Å². The number of benzene rings is 2. The Bertz CT molecular complexity index is 1070. The third kappa shape index (κ3) is 4.64. The van der Waals surface area contributed by atoms with Crippen LogP contribution in [0.2, 0.25) is 0 Å². The molecule has 9 heteroatoms. The summed E-state index contributed by atoms with van der Waals surface area (Å²) in [6.45, 7) is 5.84. The first kappa shape index (κ1) is 19.7. The zero-order valence-corrected chi connectivity index (χ0v) is 16.2. The summed E-state index contributed by atoms with van der Waals surface area (Å²) in [6.07, 6.45) is 1.18. The molecule has 148 valence electrons. The molecule has 1 aromatic heterocycles. The second-order valence-electron chi connectivity index (χ2n) is 6.55. The van der Waals surface area contributed by atoms with Crippen molar-refractivity contribution in [2.24, 2.45) is 0 Å². The lowest BCUT2D eigenvalue weighted by Gasteiger charge is -2.12. The van der Waals surface area contributed by atoms with E-state index in [1.54, 1.807) is 30.3 Å². The molecule has 0 bridgehead atoms. The average molecular weight is 392 g/mol. The van der Waals surface area contributed by atoms with Crippen LogP contribution in [0.4, 0.5) is 23.0 Å². The molecule has 0 saturated carbocycles. The number of hydrazine groups is 1. The van der Waals surface area contributed by atoms with Crippen LogP contribution in [0.5, 0.6) is 0 Å². The predicted molar refractivity (Wildman–Crippen MR) is 110 cm³/mol. The molecule has 0 unspecified atom stereocenters. The first-order valence-electron chi connectivity index (χ1n) is 8.82. The number of rotatable bonds is 6. The number of carbonyl (C=O) groups excluding carboxylic acids is 1. The lowest BCUT2D eigenvalue weighted by molar-refractivity contribution is -0.383. The van der Waals surface area contributed by atoms with Gasteiger partial charge in [-0.15, -0.1) is 0 Å². The molecule has 2 aromatic carbocycles. The van der Waals surface area contributed by atoms with Gasteiger partial charge in [-0.25, -0.2) is 9.97 Å². The molecule has 0 saturated heterocycles. The maximum absolute atomic E-state index is 12.3. The number of nitrogens with zero attached hydrogens (tertiary/aromatic N) is 3. The van der Waals surface area contributed by atoms with E-state index in [0.717, 1.165) is 16.7 Å². The standard InChI is InChI=1S/C20H20N6O3/c1-12-4-7-15(8-5-12)20(27)25-24-19-17(26(28)29)18(21-11-22-19)23-16-9-6-13(2)14(3)10-16/h4-11H,1-3H3,(H,25,27)(H2,21,22,23,24). The third-order valence-electron chi connectivity index (χ3n) is 4.38. The Hall–Kier alpha value is -4.01. The van der Waals surface area contributed by atoms with Crippen molar-refractivity contribution in [2.75, 3.05) is 10.7 Å². The quantitative estimate of drug-likeness (QED) is 0.431. The van der Waals surface area contributed by atoms with Crippen molar-refractivity contribution in [1.29, 1.82) is 0 Å². The Morgan fingerprint density at radius 1 is 0.966 bits per heavy atom. The Balaban J connectivity index is 1.82. The zero-order chi connectivity index (χ0) is 21.0. The van der Waals surface area contributed by atoms with Crippen molar-refractivity contribution >= 4 is 28.9 Å². The molecule has 0 fully saturated rings. The SMILES string of the molecule is Cc1ccc(C(=O)NNc2ncnc(Nc3ccc(C)c(C)c3)c2[N+](=O)[O-])cc1. The molecule has 3 N–H and O–H groups in total. The summed E-state index contributed by atoms with van der Waals surface area (Å²) in [6, 6.07) is 12.5. The van der Waals surface area contributed by atoms with Crippen LogP contribution < -0.4 is 16.2 Å². The fourth-order valence-corrected chi connectivity index (χ4v) is 2.58. The summed E-state index contributed by atoms with van der Waals surface area (Å²) in [5.41, 5.74) is 8.80. The van der Waals surface area contributed by atoms with Crippen molar-refractivity contribution in [3.63, 3.8) is 0 Å². The van der Waals surface area contributed by atoms with Crippen molar-refractivity contribution < 1.29 is 9.72 Å². The fourth-order valence-electron chi connectivity index (χ4n) is 2.58. The van der Waals surface area contributed by atoms with E-state index >= 15 is 0 Å². The number of anilines is 3. The number of hydrogen-bond donors (Lipinski definition) is 3. The van der Waals surface area contributed by atoms with Gasteiger partial charge in [0.25, 0.3) is 5.91 Å². The second kappa shape index (κ2) is 8.34. The molecule has 3 aromatic rings. The molecule has 1 amide bonds. The molecule has 9 nitrogen and oxygen atoms in total. The van der Waals surface area contributed by atoms with E-state index in [4.69, 9.17) is 0 Å². The van der Waals surface area contributed by atoms with Crippen LogP contribution in [0.3, 0.4) is 0 Å². The summed E-state index contributed by atoms with van der Waals surface area (Å²) >= 11 is 0. The molecule has 0 spiro atoms. The van der Waals surface area contributed by atoms with Gasteiger partial charge in [0.05, 0.1) is 4.92 Å². The van der Waals surface area contributed by atoms with Crippen LogP contribution in [0, 0.1) is 30.9 Å². The molecular formula is C20H20N6O3. The summed E-state index contributed by atoms with van der Waals surface area (Å²) < 4.78 is 0. The zero-order valence-electron chi connectivity index (χ0n) is 16.2. The Morgan fingerprint density at radius 3 is 2.31 bits per heavy atom. The van der Waals surface area contributed by atoms with E-state index in [2.05, 4.69) is 26.1 Å². The van der Waals surface area contributed by atoms with Crippen molar-refractivity contribution in [1.82, 2.24) is 15.4 Å². The Morgan fingerprint density at radius 2 is 1.66 bits per heavy atom. The molecule has 3 rings (SSSR count). The van der Waals surface area contributed by atoms with E-state index in [1.807, 2.05) is 32.9 Å². The van der Waals surface area contributed by atoms with Gasteiger partial charge in [-0.2, -0.15) is 0 Å². The number of hydrogen-bond acceptors (Lipinski definition) is 7. The molecule has 1 heterocycles. The number of carbonyl (C=O) groups is 1. The van der Waals surface area contributed by atoms with E-state index in [9.17, 15) is 14.9 Å². The van der Waals surface area contributed by atoms with Crippen molar-refractivity contribution in [3.8, 4) is 0 Å². The average Bonchev–Trinajstić information content (AvgIpc) is 2.69. The van der Waals surface area contributed by atoms with Gasteiger partial charge in [0, 0.05) is 11.3 Å². The van der Waals surface area contributed by atoms with Gasteiger partial charge in [0.15, 0.2) is 0 Å². The predicted octanol–water partition coefficient (Wildman–Crippen LogP) is 3.81. The highest BCUT2D eigenvalue weighted by Gasteiger charge is 2.23. The fraction of sp³-hybridized carbons (Fsp3) is 0.150. The van der Waals surface area contributed by atoms with Crippen LogP contribution in [-0.4, -0.2) is 20.8 Å². The van der Waals surface area contributed by atoms with Crippen LogP contribution in [0.15, 0.2) is 48.8 Å². The number of nitrogens with one attached hydrogen (secondary N) is 3. The molecular weight excluding hydrogens is 372 g/mol. The van der Waals surface area contributed by atoms with Gasteiger partial charge in [0.2, 0.25) is 11.6 Å². The first-order chi connectivity index (χ1) is 13.8. The maximum Gasteiger partial charge on any atom is 0.355 e. The van der Waals surface area contributed by atoms with Gasteiger partial charge >= 0.3 is 5.69 Å². The molecule has 0 aliphatic carbocycles. The van der Waals surface area contributed by atoms with Gasteiger partial charge in [-0.05, 0) is 56.2 Å². The van der Waals surface area contributed by atoms with Crippen LogP contribution in [-0.2, 0) is 0 Å². The molecule has 0 radical (unpaired) electrons. The van der Waals surface area contributed by atoms with E-state index in [0.29, 0.717) is 11.3 Å². The minimum atomic E-state index is -0.607. The highest BCUT2D eigenvalue weighted by atomic mass is 16.6. The molecule has 0 atom stereocenters. The summed E-state index contributed by atoms with van der Waals surface area (Å²) in [7, 11) is 0. The van der Waals surface area contributed by atoms with Gasteiger partial charge in [0.1, 0.15) is 6.33 Å². The van der Waals surface area contributed by atoms with E-state index in [-0.39, 0.29) is 17.3 Å². The minimum Gasteiger partial charge on any atom is -0.334 e. The normalized spacial score (nSPS) is 10.3. The number of nitro groups is 1. The lowest BCUT2D eigenvalue weighted by atomic mass is 10.1. The smallest absolute Gasteiger partial charge is 0.334 e. The summed E-state index contributed by atoms with van der Waals surface area (Å²) in [5.74, 6) is -0.557. The van der Waals surface area contributed by atoms with Crippen LogP contribution in [0.1, 0.15) is 27.0 Å². The molecule has 0 aliphatic heterocycles. The van der Waals surface area contributed by atoms with Crippen molar-refractivity contribution in [3.05, 3.63) is 81.2 Å². The molecule has 29 heavy (non-hydrogen) atoms. The lowest BCUT2D eigenvalue weighted by Crippen LogP contribution is -2.30. The number of aryl methyl sites for hydroxylation is 3. The summed E-state index contributed by atoms with van der Waals surface area (Å²) in [4.78, 5) is 31.2. The topological polar surface area (TPSA) is 122 Å². The minimum absolute atomic E-state index is 0.0142. The Kier molecular flexibility index (Phi) is 5.68. The van der Waals surface area contributed by atoms with Gasteiger partial charge in [-0.1, -0.05) is 23.8 Å². The monoisotopic (exact) mass is 392 g/mol. The van der Waals surface area contributed by atoms with Crippen molar-refractivity contribution in [2.45, 2.75) is 20.8 Å². The van der Waals surface area contributed by atoms with E-state index in [1.165, 1.54) is 6.33 Å². The van der Waals surface area contributed by atoms with Gasteiger partial charge in [-0.3, -0.25) is 25.8 Å².